The lowest BCUT2D eigenvalue weighted by Crippen LogP contribution is -2.53. The van der Waals surface area contributed by atoms with Crippen molar-refractivity contribution in [1.29, 1.82) is 5.26 Å². The standard InChI is InChI=1S/C25H26ClF3N4O3S/c1-24(2,3)36-23(34)33-11-15(12-33)13-35-18-7-5-16(6-8-18)21-19(25(27,28)29)9-17(10-20(21)26)32-22(37-4)31-14-30/h5-10,15H,11-13H2,1-4H3,(H,31,32). The molecule has 1 aliphatic heterocycles. The predicted octanol–water partition coefficient (Wildman–Crippen LogP) is 6.69. The van der Waals surface area contributed by atoms with Gasteiger partial charge in [0.15, 0.2) is 11.4 Å². The van der Waals surface area contributed by atoms with Crippen molar-refractivity contribution in [2.45, 2.75) is 32.5 Å². The molecule has 0 unspecified atom stereocenters. The summed E-state index contributed by atoms with van der Waals surface area (Å²) in [4.78, 5) is 17.7. The van der Waals surface area contributed by atoms with Gasteiger partial charge in [-0.2, -0.15) is 18.4 Å². The second-order valence-electron chi connectivity index (χ2n) is 9.29. The number of halogens is 4. The van der Waals surface area contributed by atoms with E-state index < -0.39 is 17.3 Å². The Hall–Kier alpha value is -3.10. The molecule has 1 aliphatic rings. The monoisotopic (exact) mass is 554 g/mol. The van der Waals surface area contributed by atoms with Crippen molar-refractivity contribution < 1.29 is 27.4 Å². The van der Waals surface area contributed by atoms with E-state index in [1.165, 1.54) is 18.2 Å². The number of benzene rings is 2. The molecular formula is C25H26ClF3N4O3S. The predicted molar refractivity (Wildman–Crippen MR) is 138 cm³/mol. The minimum absolute atomic E-state index is 0.0333. The van der Waals surface area contributed by atoms with E-state index in [4.69, 9.17) is 26.3 Å². The number of amidine groups is 1. The lowest BCUT2D eigenvalue weighted by molar-refractivity contribution is -0.137. The Balaban J connectivity index is 1.71. The summed E-state index contributed by atoms with van der Waals surface area (Å²) in [6, 6.07) is 8.38. The van der Waals surface area contributed by atoms with Crippen LogP contribution in [0.25, 0.3) is 11.1 Å². The molecule has 0 bridgehead atoms. The van der Waals surface area contributed by atoms with Gasteiger partial charge >= 0.3 is 12.3 Å². The van der Waals surface area contributed by atoms with Gasteiger partial charge in [-0.3, -0.25) is 5.32 Å². The molecule has 0 atom stereocenters. The third-order valence-corrected chi connectivity index (χ3v) is 6.08. The van der Waals surface area contributed by atoms with Gasteiger partial charge in [0.1, 0.15) is 11.4 Å². The average Bonchev–Trinajstić information content (AvgIpc) is 2.76. The number of nitrogens with one attached hydrogen (secondary N) is 1. The topological polar surface area (TPSA) is 86.9 Å². The highest BCUT2D eigenvalue weighted by atomic mass is 35.5. The first-order valence-electron chi connectivity index (χ1n) is 11.2. The van der Waals surface area contributed by atoms with Gasteiger partial charge < -0.3 is 14.4 Å². The van der Waals surface area contributed by atoms with E-state index in [1.807, 2.05) is 0 Å². The van der Waals surface area contributed by atoms with Crippen LogP contribution in [0.15, 0.2) is 41.4 Å². The number of carbonyl (C=O) groups is 1. The van der Waals surface area contributed by atoms with Gasteiger partial charge in [-0.15, -0.1) is 0 Å². The van der Waals surface area contributed by atoms with Crippen LogP contribution in [0.3, 0.4) is 0 Å². The first kappa shape index (κ1) is 28.5. The molecule has 0 aliphatic carbocycles. The minimum atomic E-state index is -4.69. The number of aliphatic imine (C=N–C) groups is 1. The fourth-order valence-electron chi connectivity index (χ4n) is 3.55. The van der Waals surface area contributed by atoms with E-state index in [2.05, 4.69) is 10.3 Å². The second-order valence-corrected chi connectivity index (χ2v) is 10.5. The van der Waals surface area contributed by atoms with Crippen LogP contribution in [-0.2, 0) is 10.9 Å². The molecule has 1 fully saturated rings. The van der Waals surface area contributed by atoms with Crippen molar-refractivity contribution in [1.82, 2.24) is 10.2 Å². The Kier molecular flexibility index (Phi) is 8.87. The molecule has 2 aromatic rings. The molecule has 0 spiro atoms. The van der Waals surface area contributed by atoms with Crippen LogP contribution < -0.4 is 10.1 Å². The number of hydrogen-bond acceptors (Lipinski definition) is 6. The Morgan fingerprint density at radius 3 is 2.43 bits per heavy atom. The van der Waals surface area contributed by atoms with Crippen LogP contribution in [0.4, 0.5) is 23.7 Å². The third kappa shape index (κ3) is 7.69. The van der Waals surface area contributed by atoms with Crippen molar-refractivity contribution in [3.63, 3.8) is 0 Å². The van der Waals surface area contributed by atoms with E-state index in [-0.39, 0.29) is 39.0 Å². The fourth-order valence-corrected chi connectivity index (χ4v) is 4.21. The molecule has 1 N–H and O–H groups in total. The number of amides is 1. The third-order valence-electron chi connectivity index (χ3n) is 5.20. The number of carbonyl (C=O) groups excluding carboxylic acids is 1. The maximum atomic E-state index is 13.9. The quantitative estimate of drug-likeness (QED) is 0.192. The van der Waals surface area contributed by atoms with Crippen LogP contribution in [-0.4, -0.2) is 47.7 Å². The zero-order valence-corrected chi connectivity index (χ0v) is 22.2. The smallest absolute Gasteiger partial charge is 0.417 e. The first-order valence-corrected chi connectivity index (χ1v) is 12.8. The van der Waals surface area contributed by atoms with E-state index in [0.29, 0.717) is 25.4 Å². The van der Waals surface area contributed by atoms with Gasteiger partial charge in [0.2, 0.25) is 0 Å². The molecular weight excluding hydrogens is 529 g/mol. The number of thioether (sulfide) groups is 1. The molecule has 3 rings (SSSR count). The Bertz CT molecular complexity index is 1200. The van der Waals surface area contributed by atoms with Gasteiger partial charge in [-0.05, 0) is 56.9 Å². The van der Waals surface area contributed by atoms with Crippen molar-refractivity contribution >= 4 is 40.3 Å². The van der Waals surface area contributed by atoms with Crippen LogP contribution in [0.5, 0.6) is 5.75 Å². The van der Waals surface area contributed by atoms with E-state index in [9.17, 15) is 18.0 Å². The summed E-state index contributed by atoms with van der Waals surface area (Å²) in [6.45, 7) is 6.78. The number of rotatable bonds is 5. The highest BCUT2D eigenvalue weighted by molar-refractivity contribution is 8.13. The van der Waals surface area contributed by atoms with Gasteiger partial charge in [-0.1, -0.05) is 35.5 Å². The normalized spacial score (nSPS) is 14.6. The molecule has 12 heteroatoms. The summed E-state index contributed by atoms with van der Waals surface area (Å²) in [5, 5.41) is 11.1. The minimum Gasteiger partial charge on any atom is -0.493 e. The maximum Gasteiger partial charge on any atom is 0.417 e. The first-order chi connectivity index (χ1) is 17.3. The zero-order valence-electron chi connectivity index (χ0n) is 20.6. The number of hydrogen-bond donors (Lipinski definition) is 1. The van der Waals surface area contributed by atoms with Gasteiger partial charge in [0.05, 0.1) is 22.9 Å². The van der Waals surface area contributed by atoms with E-state index in [0.717, 1.165) is 17.8 Å². The molecule has 1 saturated heterocycles. The summed E-state index contributed by atoms with van der Waals surface area (Å²) < 4.78 is 52.9. The van der Waals surface area contributed by atoms with Crippen LogP contribution >= 0.6 is 23.4 Å². The Morgan fingerprint density at radius 2 is 1.89 bits per heavy atom. The molecule has 0 aromatic heterocycles. The number of ether oxygens (including phenoxy) is 2. The lowest BCUT2D eigenvalue weighted by atomic mass is 9.98. The summed E-state index contributed by atoms with van der Waals surface area (Å²) in [7, 11) is 0. The molecule has 2 aromatic carbocycles. The number of nitrogens with zero attached hydrogens (tertiary/aromatic N) is 3. The number of nitriles is 1. The fraction of sp³-hybridized carbons (Fsp3) is 0.400. The van der Waals surface area contributed by atoms with E-state index >= 15 is 0 Å². The number of alkyl halides is 3. The molecule has 7 nitrogen and oxygen atoms in total. The highest BCUT2D eigenvalue weighted by Gasteiger charge is 2.36. The molecule has 37 heavy (non-hydrogen) atoms. The SMILES string of the molecule is CSC(=Nc1cc(Cl)c(-c2ccc(OCC3CN(C(=O)OC(C)(C)C)C3)cc2)c(C(F)(F)F)c1)NC#N. The van der Waals surface area contributed by atoms with Gasteiger partial charge in [-0.25, -0.2) is 9.79 Å². The summed E-state index contributed by atoms with van der Waals surface area (Å²) in [5.41, 5.74) is -1.45. The van der Waals surface area contributed by atoms with Crippen molar-refractivity contribution in [2.24, 2.45) is 10.9 Å². The van der Waals surface area contributed by atoms with Gasteiger partial charge in [0.25, 0.3) is 0 Å². The zero-order chi connectivity index (χ0) is 27.4. The Morgan fingerprint density at radius 1 is 1.24 bits per heavy atom. The molecule has 1 amide bonds. The second kappa shape index (κ2) is 11.5. The molecule has 0 saturated carbocycles. The maximum absolute atomic E-state index is 13.9. The van der Waals surface area contributed by atoms with E-state index in [1.54, 1.807) is 50.3 Å². The largest absolute Gasteiger partial charge is 0.493 e. The van der Waals surface area contributed by atoms with Crippen LogP contribution in [0.2, 0.25) is 5.02 Å². The average molecular weight is 555 g/mol. The summed E-state index contributed by atoms with van der Waals surface area (Å²) in [5.74, 6) is 0.617. The lowest BCUT2D eigenvalue weighted by Gasteiger charge is -2.39. The van der Waals surface area contributed by atoms with Crippen molar-refractivity contribution in [3.8, 4) is 23.1 Å². The Labute approximate surface area is 222 Å². The molecule has 198 valence electrons. The number of likely N-dealkylation sites (tertiary alicyclic amines) is 1. The van der Waals surface area contributed by atoms with Crippen molar-refractivity contribution in [2.75, 3.05) is 26.0 Å². The van der Waals surface area contributed by atoms with Crippen LogP contribution in [0, 0.1) is 17.4 Å². The van der Waals surface area contributed by atoms with Crippen molar-refractivity contribution in [3.05, 3.63) is 47.0 Å². The van der Waals surface area contributed by atoms with Gasteiger partial charge in [0, 0.05) is 24.6 Å². The summed E-state index contributed by atoms with van der Waals surface area (Å²) >= 11 is 7.37. The van der Waals surface area contributed by atoms with Crippen LogP contribution in [0.1, 0.15) is 26.3 Å². The molecule has 0 radical (unpaired) electrons. The molecule has 1 heterocycles. The summed E-state index contributed by atoms with van der Waals surface area (Å²) in [6.07, 6.45) is -1.73. The highest BCUT2D eigenvalue weighted by Crippen LogP contribution is 2.43.